The van der Waals surface area contributed by atoms with Crippen molar-refractivity contribution in [2.75, 3.05) is 13.1 Å². The van der Waals surface area contributed by atoms with E-state index in [9.17, 15) is 0 Å². The summed E-state index contributed by atoms with van der Waals surface area (Å²) in [6.07, 6.45) is 8.13. The van der Waals surface area contributed by atoms with E-state index < -0.39 is 0 Å². The molecule has 100 valence electrons. The monoisotopic (exact) mass is 249 g/mol. The first-order chi connectivity index (χ1) is 8.81. The highest BCUT2D eigenvalue weighted by atomic mass is 16.5. The Hall–Kier alpha value is -0.800. The zero-order valence-electron chi connectivity index (χ0n) is 11.2. The molecule has 18 heavy (non-hydrogen) atoms. The fourth-order valence-electron chi connectivity index (χ4n) is 3.36. The molecule has 1 N–H and O–H groups in total. The standard InChI is InChI=1S/C15H23NO2/c1-2-12-5-7-15(8-6-12)11-16-10-14(18-15)13-4-3-9-17-13/h3-4,9,12,14,16H,2,5-8,10-11H2,1H3. The third-order valence-electron chi connectivity index (χ3n) is 4.62. The van der Waals surface area contributed by atoms with E-state index in [0.29, 0.717) is 0 Å². The van der Waals surface area contributed by atoms with E-state index >= 15 is 0 Å². The first kappa shape index (κ1) is 12.2. The highest BCUT2D eigenvalue weighted by molar-refractivity contribution is 5.06. The molecule has 2 aliphatic rings. The maximum absolute atomic E-state index is 6.40. The molecule has 1 aliphatic carbocycles. The maximum Gasteiger partial charge on any atom is 0.133 e. The second-order valence-corrected chi connectivity index (χ2v) is 5.79. The highest BCUT2D eigenvalue weighted by Gasteiger charge is 2.41. The summed E-state index contributed by atoms with van der Waals surface area (Å²) in [6, 6.07) is 3.96. The lowest BCUT2D eigenvalue weighted by Gasteiger charge is -2.45. The molecule has 2 heterocycles. The topological polar surface area (TPSA) is 34.4 Å². The Kier molecular flexibility index (Phi) is 3.44. The molecule has 3 rings (SSSR count). The zero-order valence-corrected chi connectivity index (χ0v) is 11.2. The van der Waals surface area contributed by atoms with Gasteiger partial charge in [-0.25, -0.2) is 0 Å². The molecular formula is C15H23NO2. The van der Waals surface area contributed by atoms with E-state index in [1.54, 1.807) is 6.26 Å². The molecule has 1 aromatic heterocycles. The predicted octanol–water partition coefficient (Wildman–Crippen LogP) is 3.28. The highest BCUT2D eigenvalue weighted by Crippen LogP contribution is 2.40. The van der Waals surface area contributed by atoms with E-state index in [1.807, 2.05) is 12.1 Å². The van der Waals surface area contributed by atoms with Crippen LogP contribution in [0.2, 0.25) is 0 Å². The van der Waals surface area contributed by atoms with Gasteiger partial charge >= 0.3 is 0 Å². The van der Waals surface area contributed by atoms with Crippen LogP contribution in [0.1, 0.15) is 50.9 Å². The van der Waals surface area contributed by atoms with Gasteiger partial charge < -0.3 is 14.5 Å². The summed E-state index contributed by atoms with van der Waals surface area (Å²) in [7, 11) is 0. The molecule has 1 aliphatic heterocycles. The second kappa shape index (κ2) is 5.06. The summed E-state index contributed by atoms with van der Waals surface area (Å²) in [5, 5.41) is 3.53. The van der Waals surface area contributed by atoms with Gasteiger partial charge in [0.25, 0.3) is 0 Å². The number of rotatable bonds is 2. The first-order valence-corrected chi connectivity index (χ1v) is 7.23. The van der Waals surface area contributed by atoms with E-state index in [0.717, 1.165) is 24.8 Å². The fourth-order valence-corrected chi connectivity index (χ4v) is 3.36. The van der Waals surface area contributed by atoms with Gasteiger partial charge in [-0.3, -0.25) is 0 Å². The summed E-state index contributed by atoms with van der Waals surface area (Å²) in [5.41, 5.74) is 0.0569. The summed E-state index contributed by atoms with van der Waals surface area (Å²) in [4.78, 5) is 0. The molecule has 1 atom stereocenters. The number of hydrogen-bond donors (Lipinski definition) is 1. The Morgan fingerprint density at radius 1 is 1.39 bits per heavy atom. The largest absolute Gasteiger partial charge is 0.467 e. The van der Waals surface area contributed by atoms with Crippen LogP contribution in [-0.4, -0.2) is 18.7 Å². The van der Waals surface area contributed by atoms with Crippen molar-refractivity contribution in [2.45, 2.75) is 50.7 Å². The number of morpholine rings is 1. The maximum atomic E-state index is 6.40. The van der Waals surface area contributed by atoms with Crippen LogP contribution in [0.15, 0.2) is 22.8 Å². The number of hydrogen-bond acceptors (Lipinski definition) is 3. The quantitative estimate of drug-likeness (QED) is 0.873. The van der Waals surface area contributed by atoms with E-state index in [1.165, 1.54) is 32.1 Å². The molecular weight excluding hydrogens is 226 g/mol. The average Bonchev–Trinajstić information content (AvgIpc) is 2.94. The van der Waals surface area contributed by atoms with Crippen LogP contribution in [0.3, 0.4) is 0 Å². The lowest BCUT2D eigenvalue weighted by Crippen LogP contribution is -2.52. The van der Waals surface area contributed by atoms with Gasteiger partial charge in [-0.2, -0.15) is 0 Å². The Labute approximate surface area is 109 Å². The fraction of sp³-hybridized carbons (Fsp3) is 0.733. The van der Waals surface area contributed by atoms with E-state index in [4.69, 9.17) is 9.15 Å². The molecule has 0 amide bonds. The normalized spacial score (nSPS) is 36.9. The summed E-state index contributed by atoms with van der Waals surface area (Å²) in [6.45, 7) is 4.17. The van der Waals surface area contributed by atoms with Crippen LogP contribution >= 0.6 is 0 Å². The van der Waals surface area contributed by atoms with Crippen molar-refractivity contribution in [2.24, 2.45) is 5.92 Å². The van der Waals surface area contributed by atoms with Crippen molar-refractivity contribution >= 4 is 0 Å². The van der Waals surface area contributed by atoms with Gasteiger partial charge in [0.1, 0.15) is 11.9 Å². The van der Waals surface area contributed by atoms with Gasteiger partial charge in [0.2, 0.25) is 0 Å². The molecule has 3 nitrogen and oxygen atoms in total. The number of nitrogens with one attached hydrogen (secondary N) is 1. The van der Waals surface area contributed by atoms with Crippen molar-refractivity contribution in [3.05, 3.63) is 24.2 Å². The summed E-state index contributed by atoms with van der Waals surface area (Å²) in [5.74, 6) is 1.86. The van der Waals surface area contributed by atoms with Crippen LogP contribution in [0, 0.1) is 5.92 Å². The lowest BCUT2D eigenvalue weighted by molar-refractivity contribution is -0.146. The molecule has 2 fully saturated rings. The molecule has 1 aromatic rings. The molecule has 0 radical (unpaired) electrons. The van der Waals surface area contributed by atoms with Crippen LogP contribution < -0.4 is 5.32 Å². The molecule has 0 bridgehead atoms. The first-order valence-electron chi connectivity index (χ1n) is 7.23. The van der Waals surface area contributed by atoms with Crippen LogP contribution in [-0.2, 0) is 4.74 Å². The Bertz CT molecular complexity index is 366. The minimum atomic E-state index is 0.0569. The van der Waals surface area contributed by atoms with E-state index in [2.05, 4.69) is 12.2 Å². The van der Waals surface area contributed by atoms with Gasteiger partial charge in [0.15, 0.2) is 0 Å². The van der Waals surface area contributed by atoms with Crippen molar-refractivity contribution in [3.8, 4) is 0 Å². The van der Waals surface area contributed by atoms with Crippen molar-refractivity contribution in [3.63, 3.8) is 0 Å². The van der Waals surface area contributed by atoms with Gasteiger partial charge in [0.05, 0.1) is 11.9 Å². The lowest BCUT2D eigenvalue weighted by atomic mass is 9.77. The minimum Gasteiger partial charge on any atom is -0.467 e. The molecule has 1 unspecified atom stereocenters. The third-order valence-corrected chi connectivity index (χ3v) is 4.62. The summed E-state index contributed by atoms with van der Waals surface area (Å²) >= 11 is 0. The molecule has 1 saturated carbocycles. The van der Waals surface area contributed by atoms with Crippen LogP contribution in [0.4, 0.5) is 0 Å². The zero-order chi connectivity index (χ0) is 12.4. The van der Waals surface area contributed by atoms with Gasteiger partial charge in [0, 0.05) is 13.1 Å². The molecule has 1 spiro atoms. The predicted molar refractivity (Wildman–Crippen MR) is 70.4 cm³/mol. The average molecular weight is 249 g/mol. The Morgan fingerprint density at radius 2 is 2.22 bits per heavy atom. The number of furan rings is 1. The third kappa shape index (κ3) is 2.34. The second-order valence-electron chi connectivity index (χ2n) is 5.79. The SMILES string of the molecule is CCC1CCC2(CC1)CNCC(c1ccco1)O2. The van der Waals surface area contributed by atoms with Crippen molar-refractivity contribution in [1.29, 1.82) is 0 Å². The van der Waals surface area contributed by atoms with Crippen LogP contribution in [0.25, 0.3) is 0 Å². The Morgan fingerprint density at radius 3 is 2.89 bits per heavy atom. The minimum absolute atomic E-state index is 0.0569. The molecule has 1 saturated heterocycles. The summed E-state index contributed by atoms with van der Waals surface area (Å²) < 4.78 is 11.9. The van der Waals surface area contributed by atoms with E-state index in [-0.39, 0.29) is 11.7 Å². The van der Waals surface area contributed by atoms with Crippen molar-refractivity contribution < 1.29 is 9.15 Å². The smallest absolute Gasteiger partial charge is 0.133 e. The van der Waals surface area contributed by atoms with Gasteiger partial charge in [-0.15, -0.1) is 0 Å². The Balaban J connectivity index is 1.67. The van der Waals surface area contributed by atoms with Crippen LogP contribution in [0.5, 0.6) is 0 Å². The van der Waals surface area contributed by atoms with Gasteiger partial charge in [-0.05, 0) is 43.7 Å². The molecule has 3 heteroatoms. The molecule has 0 aromatic carbocycles. The number of ether oxygens (including phenoxy) is 1. The van der Waals surface area contributed by atoms with Crippen molar-refractivity contribution in [1.82, 2.24) is 5.32 Å². The van der Waals surface area contributed by atoms with Gasteiger partial charge in [-0.1, -0.05) is 13.3 Å².